The number of pyridine rings is 2. The van der Waals surface area contributed by atoms with Crippen LogP contribution in [0.2, 0.25) is 10.2 Å². The van der Waals surface area contributed by atoms with Crippen molar-refractivity contribution in [1.82, 2.24) is 9.97 Å². The molecule has 4 nitrogen and oxygen atoms in total. The summed E-state index contributed by atoms with van der Waals surface area (Å²) in [6.07, 6.45) is 2.42. The molecular weight excluding hydrogens is 292 g/mol. The Hall–Kier alpha value is -1.72. The summed E-state index contributed by atoms with van der Waals surface area (Å²) in [6.45, 7) is 1.33. The molecular formula is C12H8Cl2FN3O. The molecule has 0 bridgehead atoms. The van der Waals surface area contributed by atoms with Crippen molar-refractivity contribution in [3.8, 4) is 11.1 Å². The van der Waals surface area contributed by atoms with Gasteiger partial charge in [0, 0.05) is 24.2 Å². The Morgan fingerprint density at radius 3 is 2.74 bits per heavy atom. The van der Waals surface area contributed by atoms with Gasteiger partial charge in [-0.3, -0.25) is 4.79 Å². The number of nitrogens with zero attached hydrogens (tertiary/aromatic N) is 2. The second-order valence-electron chi connectivity index (χ2n) is 3.69. The molecule has 0 spiro atoms. The molecule has 2 aromatic rings. The molecule has 2 aromatic heterocycles. The van der Waals surface area contributed by atoms with Crippen LogP contribution < -0.4 is 5.32 Å². The molecule has 1 N–H and O–H groups in total. The summed E-state index contributed by atoms with van der Waals surface area (Å²) >= 11 is 11.8. The second-order valence-corrected chi connectivity index (χ2v) is 4.43. The first kappa shape index (κ1) is 13.7. The van der Waals surface area contributed by atoms with Gasteiger partial charge in [-0.1, -0.05) is 23.2 Å². The van der Waals surface area contributed by atoms with Crippen molar-refractivity contribution in [3.63, 3.8) is 0 Å². The fraction of sp³-hybridized carbons (Fsp3) is 0.0833. The third kappa shape index (κ3) is 3.00. The Kier molecular flexibility index (Phi) is 3.97. The normalized spacial score (nSPS) is 10.3. The van der Waals surface area contributed by atoms with E-state index in [9.17, 15) is 9.18 Å². The number of rotatable bonds is 2. The first-order chi connectivity index (χ1) is 8.99. The zero-order valence-corrected chi connectivity index (χ0v) is 11.3. The second kappa shape index (κ2) is 5.50. The molecule has 0 radical (unpaired) electrons. The molecule has 98 valence electrons. The SMILES string of the molecule is CC(=O)Nc1cc(-c2ccnc(Cl)c2Cl)c(F)cn1. The van der Waals surface area contributed by atoms with E-state index in [1.165, 1.54) is 25.3 Å². The topological polar surface area (TPSA) is 54.9 Å². The maximum atomic E-state index is 13.8. The highest BCUT2D eigenvalue weighted by atomic mass is 35.5. The van der Waals surface area contributed by atoms with E-state index in [4.69, 9.17) is 23.2 Å². The van der Waals surface area contributed by atoms with Crippen LogP contribution in [0.25, 0.3) is 11.1 Å². The maximum Gasteiger partial charge on any atom is 0.222 e. The zero-order valence-electron chi connectivity index (χ0n) is 9.75. The minimum atomic E-state index is -0.571. The van der Waals surface area contributed by atoms with E-state index in [2.05, 4.69) is 15.3 Å². The molecule has 0 aliphatic heterocycles. The van der Waals surface area contributed by atoms with E-state index in [1.807, 2.05) is 0 Å². The van der Waals surface area contributed by atoms with Gasteiger partial charge in [-0.25, -0.2) is 14.4 Å². The van der Waals surface area contributed by atoms with E-state index in [0.717, 1.165) is 6.20 Å². The molecule has 1 amide bonds. The Labute approximate surface area is 118 Å². The third-order valence-electron chi connectivity index (χ3n) is 2.30. The van der Waals surface area contributed by atoms with Crippen LogP contribution in [0.15, 0.2) is 24.5 Å². The van der Waals surface area contributed by atoms with E-state index in [1.54, 1.807) is 0 Å². The van der Waals surface area contributed by atoms with Crippen LogP contribution in [-0.2, 0) is 4.79 Å². The molecule has 0 unspecified atom stereocenters. The highest BCUT2D eigenvalue weighted by Gasteiger charge is 2.13. The van der Waals surface area contributed by atoms with Gasteiger partial charge in [0.25, 0.3) is 0 Å². The summed E-state index contributed by atoms with van der Waals surface area (Å²) < 4.78 is 13.8. The summed E-state index contributed by atoms with van der Waals surface area (Å²) in [6, 6.07) is 2.92. The van der Waals surface area contributed by atoms with Crippen LogP contribution in [0.4, 0.5) is 10.2 Å². The lowest BCUT2D eigenvalue weighted by Gasteiger charge is -2.08. The Bertz CT molecular complexity index is 649. The van der Waals surface area contributed by atoms with Crippen LogP contribution >= 0.6 is 23.2 Å². The highest BCUT2D eigenvalue weighted by molar-refractivity contribution is 6.42. The molecule has 19 heavy (non-hydrogen) atoms. The largest absolute Gasteiger partial charge is 0.311 e. The zero-order chi connectivity index (χ0) is 14.0. The summed E-state index contributed by atoms with van der Waals surface area (Å²) in [7, 11) is 0. The highest BCUT2D eigenvalue weighted by Crippen LogP contribution is 2.34. The number of hydrogen-bond acceptors (Lipinski definition) is 3. The summed E-state index contributed by atoms with van der Waals surface area (Å²) in [4.78, 5) is 18.5. The number of amides is 1. The molecule has 2 heterocycles. The third-order valence-corrected chi connectivity index (χ3v) is 3.06. The van der Waals surface area contributed by atoms with Gasteiger partial charge in [-0.05, 0) is 12.1 Å². The number of halogens is 3. The maximum absolute atomic E-state index is 13.8. The number of carbonyl (C=O) groups excluding carboxylic acids is 1. The van der Waals surface area contributed by atoms with Crippen molar-refractivity contribution in [3.05, 3.63) is 40.5 Å². The van der Waals surface area contributed by atoms with Gasteiger partial charge in [-0.2, -0.15) is 0 Å². The molecule has 2 rings (SSSR count). The first-order valence-electron chi connectivity index (χ1n) is 5.22. The van der Waals surface area contributed by atoms with Crippen molar-refractivity contribution in [2.75, 3.05) is 5.32 Å². The van der Waals surface area contributed by atoms with E-state index < -0.39 is 5.82 Å². The smallest absolute Gasteiger partial charge is 0.222 e. The number of aromatic nitrogens is 2. The van der Waals surface area contributed by atoms with Crippen LogP contribution in [0.3, 0.4) is 0 Å². The van der Waals surface area contributed by atoms with Gasteiger partial charge in [-0.15, -0.1) is 0 Å². The molecule has 0 atom stereocenters. The molecule has 0 aliphatic carbocycles. The summed E-state index contributed by atoms with van der Waals surface area (Å²) in [5.41, 5.74) is 0.571. The Morgan fingerprint density at radius 2 is 2.05 bits per heavy atom. The average Bonchev–Trinajstić information content (AvgIpc) is 2.35. The number of hydrogen-bond donors (Lipinski definition) is 1. The number of nitrogens with one attached hydrogen (secondary N) is 1. The molecule has 0 aromatic carbocycles. The van der Waals surface area contributed by atoms with E-state index >= 15 is 0 Å². The van der Waals surface area contributed by atoms with Gasteiger partial charge in [0.2, 0.25) is 5.91 Å². The molecule has 7 heteroatoms. The molecule has 0 saturated heterocycles. The predicted octanol–water partition coefficient (Wildman–Crippen LogP) is 3.55. The lowest BCUT2D eigenvalue weighted by molar-refractivity contribution is -0.114. The Balaban J connectivity index is 2.54. The predicted molar refractivity (Wildman–Crippen MR) is 71.7 cm³/mol. The van der Waals surface area contributed by atoms with Gasteiger partial charge < -0.3 is 5.32 Å². The fourth-order valence-electron chi connectivity index (χ4n) is 1.52. The van der Waals surface area contributed by atoms with Crippen LogP contribution in [0.5, 0.6) is 0 Å². The van der Waals surface area contributed by atoms with Gasteiger partial charge in [0.15, 0.2) is 0 Å². The van der Waals surface area contributed by atoms with Crippen LogP contribution in [-0.4, -0.2) is 15.9 Å². The van der Waals surface area contributed by atoms with Crippen molar-refractivity contribution >= 4 is 34.9 Å². The number of carbonyl (C=O) groups is 1. The summed E-state index contributed by atoms with van der Waals surface area (Å²) in [5, 5.41) is 2.69. The van der Waals surface area contributed by atoms with Gasteiger partial charge in [0.05, 0.1) is 11.2 Å². The average molecular weight is 300 g/mol. The van der Waals surface area contributed by atoms with Crippen molar-refractivity contribution in [2.24, 2.45) is 0 Å². The molecule has 0 saturated carbocycles. The van der Waals surface area contributed by atoms with Crippen molar-refractivity contribution in [1.29, 1.82) is 0 Å². The monoisotopic (exact) mass is 299 g/mol. The summed E-state index contributed by atoms with van der Waals surface area (Å²) in [5.74, 6) is -0.643. The minimum absolute atomic E-state index is 0.0801. The van der Waals surface area contributed by atoms with Crippen LogP contribution in [0.1, 0.15) is 6.92 Å². The standard InChI is InChI=1S/C12H8Cl2FN3O/c1-6(19)18-10-4-8(9(15)5-17-10)7-2-3-16-12(14)11(7)13/h2-5H,1H3,(H,17,18,19). The van der Waals surface area contributed by atoms with Gasteiger partial charge in [0.1, 0.15) is 16.8 Å². The van der Waals surface area contributed by atoms with E-state index in [0.29, 0.717) is 5.56 Å². The lowest BCUT2D eigenvalue weighted by Crippen LogP contribution is -2.07. The quantitative estimate of drug-likeness (QED) is 0.863. The van der Waals surface area contributed by atoms with Gasteiger partial charge >= 0.3 is 0 Å². The fourth-order valence-corrected chi connectivity index (χ4v) is 1.89. The van der Waals surface area contributed by atoms with Crippen LogP contribution in [0, 0.1) is 5.82 Å². The lowest BCUT2D eigenvalue weighted by atomic mass is 10.1. The van der Waals surface area contributed by atoms with Crippen molar-refractivity contribution < 1.29 is 9.18 Å². The first-order valence-corrected chi connectivity index (χ1v) is 5.98. The van der Waals surface area contributed by atoms with Crippen molar-refractivity contribution in [2.45, 2.75) is 6.92 Å². The Morgan fingerprint density at radius 1 is 1.32 bits per heavy atom. The minimum Gasteiger partial charge on any atom is -0.311 e. The molecule has 0 fully saturated rings. The van der Waals surface area contributed by atoms with E-state index in [-0.39, 0.29) is 27.5 Å². The number of anilines is 1. The molecule has 0 aliphatic rings.